The molecule has 0 radical (unpaired) electrons. The largest absolute Gasteiger partial charge is 0.504 e. The van der Waals surface area contributed by atoms with Crippen LogP contribution in [0.2, 0.25) is 0 Å². The lowest BCUT2D eigenvalue weighted by molar-refractivity contribution is -0.112. The van der Waals surface area contributed by atoms with Crippen molar-refractivity contribution < 1.29 is 14.6 Å². The maximum atomic E-state index is 12.3. The smallest absolute Gasteiger partial charge is 0.268 e. The molecule has 0 aliphatic heterocycles. The Morgan fingerprint density at radius 3 is 2.92 bits per heavy atom. The first-order valence-corrected chi connectivity index (χ1v) is 9.33. The molecular formula is C17H16N4O3S2. The number of amides is 1. The van der Waals surface area contributed by atoms with E-state index in [9.17, 15) is 15.2 Å². The first kappa shape index (κ1) is 19.5. The lowest BCUT2D eigenvalue weighted by atomic mass is 10.0. The van der Waals surface area contributed by atoms with Crippen molar-refractivity contribution in [3.8, 4) is 17.6 Å². The van der Waals surface area contributed by atoms with Crippen molar-refractivity contribution in [3.63, 3.8) is 0 Å². The lowest BCUT2D eigenvalue weighted by Crippen LogP contribution is -2.13. The predicted molar refractivity (Wildman–Crippen MR) is 102 cm³/mol. The molecule has 134 valence electrons. The molecule has 1 heterocycles. The van der Waals surface area contributed by atoms with Gasteiger partial charge in [-0.2, -0.15) is 14.6 Å². The zero-order chi connectivity index (χ0) is 19.1. The van der Waals surface area contributed by atoms with Gasteiger partial charge in [0.25, 0.3) is 5.91 Å². The van der Waals surface area contributed by atoms with Gasteiger partial charge in [0.05, 0.1) is 7.11 Å². The van der Waals surface area contributed by atoms with Crippen LogP contribution in [-0.2, 0) is 11.2 Å². The molecule has 2 N–H and O–H groups in total. The van der Waals surface area contributed by atoms with Crippen LogP contribution in [0.15, 0.2) is 35.5 Å². The van der Waals surface area contributed by atoms with E-state index in [1.54, 1.807) is 18.2 Å². The zero-order valence-electron chi connectivity index (χ0n) is 14.1. The standard InChI is InChI=1S/C17H16N4O3S2/c1-4-5-11-6-10(8-13(24-2)14(11)22)7-12(9-18)15(23)19-16-20-17(25-3)21-26-16/h4,6-8,22H,1,5H2,2-3H3,(H,19,20,21,23)/b12-7-. The number of rotatable bonds is 7. The van der Waals surface area contributed by atoms with Gasteiger partial charge in [-0.05, 0) is 36.4 Å². The monoisotopic (exact) mass is 388 g/mol. The fourth-order valence-corrected chi connectivity index (χ4v) is 3.18. The van der Waals surface area contributed by atoms with E-state index in [4.69, 9.17) is 4.74 Å². The van der Waals surface area contributed by atoms with Crippen LogP contribution in [0, 0.1) is 11.3 Å². The summed E-state index contributed by atoms with van der Waals surface area (Å²) >= 11 is 2.40. The first-order valence-electron chi connectivity index (χ1n) is 7.34. The highest BCUT2D eigenvalue weighted by Gasteiger charge is 2.14. The fraction of sp³-hybridized carbons (Fsp3) is 0.176. The Labute approximate surface area is 159 Å². The van der Waals surface area contributed by atoms with E-state index in [2.05, 4.69) is 21.3 Å². The Kier molecular flexibility index (Phi) is 6.77. The lowest BCUT2D eigenvalue weighted by Gasteiger charge is -2.09. The van der Waals surface area contributed by atoms with Gasteiger partial charge in [-0.15, -0.1) is 6.58 Å². The molecule has 1 amide bonds. The first-order chi connectivity index (χ1) is 12.5. The van der Waals surface area contributed by atoms with Crippen molar-refractivity contribution in [1.82, 2.24) is 9.36 Å². The number of ether oxygens (including phenoxy) is 1. The third-order valence-electron chi connectivity index (χ3n) is 3.25. The summed E-state index contributed by atoms with van der Waals surface area (Å²) in [4.78, 5) is 16.4. The highest BCUT2D eigenvalue weighted by molar-refractivity contribution is 7.98. The summed E-state index contributed by atoms with van der Waals surface area (Å²) in [5.41, 5.74) is 1.02. The molecule has 0 bridgehead atoms. The van der Waals surface area contributed by atoms with E-state index in [1.807, 2.05) is 12.3 Å². The maximum absolute atomic E-state index is 12.3. The molecule has 0 saturated carbocycles. The van der Waals surface area contributed by atoms with Crippen LogP contribution in [0.3, 0.4) is 0 Å². The number of aromatic nitrogens is 2. The van der Waals surface area contributed by atoms with E-state index in [0.717, 1.165) is 11.5 Å². The van der Waals surface area contributed by atoms with Gasteiger partial charge < -0.3 is 9.84 Å². The number of aromatic hydroxyl groups is 1. The second kappa shape index (κ2) is 9.03. The van der Waals surface area contributed by atoms with Crippen molar-refractivity contribution in [1.29, 1.82) is 5.26 Å². The van der Waals surface area contributed by atoms with Gasteiger partial charge in [0.1, 0.15) is 11.6 Å². The molecule has 0 saturated heterocycles. The van der Waals surface area contributed by atoms with Crippen LogP contribution in [0.1, 0.15) is 11.1 Å². The second-order valence-electron chi connectivity index (χ2n) is 4.93. The Morgan fingerprint density at radius 2 is 2.35 bits per heavy atom. The number of carbonyl (C=O) groups excluding carboxylic acids is 1. The van der Waals surface area contributed by atoms with Crippen molar-refractivity contribution >= 4 is 40.4 Å². The van der Waals surface area contributed by atoms with Gasteiger partial charge in [-0.3, -0.25) is 10.1 Å². The summed E-state index contributed by atoms with van der Waals surface area (Å²) < 4.78 is 9.19. The van der Waals surface area contributed by atoms with Crippen LogP contribution >= 0.6 is 23.3 Å². The summed E-state index contributed by atoms with van der Waals surface area (Å²) in [5, 5.41) is 22.9. The summed E-state index contributed by atoms with van der Waals surface area (Å²) in [6.45, 7) is 3.65. The molecule has 2 rings (SSSR count). The molecule has 0 atom stereocenters. The molecule has 26 heavy (non-hydrogen) atoms. The quantitative estimate of drug-likeness (QED) is 0.324. The minimum absolute atomic E-state index is 0.00552. The number of nitriles is 1. The van der Waals surface area contributed by atoms with E-state index in [-0.39, 0.29) is 17.1 Å². The van der Waals surface area contributed by atoms with Crippen molar-refractivity contribution in [2.24, 2.45) is 0 Å². The number of carbonyl (C=O) groups is 1. The molecule has 0 aliphatic rings. The Morgan fingerprint density at radius 1 is 1.58 bits per heavy atom. The molecule has 7 nitrogen and oxygen atoms in total. The minimum Gasteiger partial charge on any atom is -0.504 e. The van der Waals surface area contributed by atoms with Crippen molar-refractivity contribution in [2.75, 3.05) is 18.7 Å². The number of hydrogen-bond donors (Lipinski definition) is 2. The van der Waals surface area contributed by atoms with Gasteiger partial charge >= 0.3 is 0 Å². The minimum atomic E-state index is -0.589. The summed E-state index contributed by atoms with van der Waals surface area (Å²) in [6, 6.07) is 5.08. The number of thioether (sulfide) groups is 1. The zero-order valence-corrected chi connectivity index (χ0v) is 15.8. The third-order valence-corrected chi connectivity index (χ3v) is 4.54. The number of anilines is 1. The van der Waals surface area contributed by atoms with Gasteiger partial charge in [-0.1, -0.05) is 17.8 Å². The van der Waals surface area contributed by atoms with Gasteiger partial charge in [-0.25, -0.2) is 0 Å². The molecule has 1 aromatic carbocycles. The van der Waals surface area contributed by atoms with E-state index in [1.165, 1.54) is 24.9 Å². The summed E-state index contributed by atoms with van der Waals surface area (Å²) in [6.07, 6.45) is 5.30. The number of methoxy groups -OCH3 is 1. The second-order valence-corrected chi connectivity index (χ2v) is 6.46. The molecular weight excluding hydrogens is 372 g/mol. The van der Waals surface area contributed by atoms with Crippen molar-refractivity contribution in [3.05, 3.63) is 41.5 Å². The van der Waals surface area contributed by atoms with Crippen LogP contribution in [-0.4, -0.2) is 33.7 Å². The number of phenolic OH excluding ortho intramolecular Hbond substituents is 1. The normalized spacial score (nSPS) is 10.9. The SMILES string of the molecule is C=CCc1cc(/C=C(/C#N)C(=O)Nc2nc(SC)ns2)cc(OC)c1O. The average Bonchev–Trinajstić information content (AvgIpc) is 3.09. The van der Waals surface area contributed by atoms with Crippen molar-refractivity contribution in [2.45, 2.75) is 11.6 Å². The molecule has 0 unspecified atom stereocenters. The number of allylic oxidation sites excluding steroid dienone is 1. The Bertz CT molecular complexity index is 900. The summed E-state index contributed by atoms with van der Waals surface area (Å²) in [7, 11) is 1.43. The van der Waals surface area contributed by atoms with E-state index < -0.39 is 5.91 Å². The van der Waals surface area contributed by atoms with E-state index >= 15 is 0 Å². The fourth-order valence-electron chi connectivity index (χ4n) is 2.06. The van der Waals surface area contributed by atoms with Gasteiger partial charge in [0, 0.05) is 17.1 Å². The van der Waals surface area contributed by atoms with E-state index in [0.29, 0.717) is 27.8 Å². The number of hydrogen-bond acceptors (Lipinski definition) is 8. The van der Waals surface area contributed by atoms with Crippen LogP contribution in [0.5, 0.6) is 11.5 Å². The van der Waals surface area contributed by atoms with Gasteiger partial charge in [0.2, 0.25) is 10.3 Å². The topological polar surface area (TPSA) is 108 Å². The molecule has 0 spiro atoms. The highest BCUT2D eigenvalue weighted by atomic mass is 32.2. The van der Waals surface area contributed by atoms with Crippen LogP contribution in [0.25, 0.3) is 6.08 Å². The molecule has 0 aliphatic carbocycles. The number of phenols is 1. The Balaban J connectivity index is 2.32. The average molecular weight is 388 g/mol. The number of nitrogens with one attached hydrogen (secondary N) is 1. The molecule has 1 aromatic heterocycles. The molecule has 9 heteroatoms. The highest BCUT2D eigenvalue weighted by Crippen LogP contribution is 2.32. The van der Waals surface area contributed by atoms with Crippen LogP contribution in [0.4, 0.5) is 5.13 Å². The molecule has 0 fully saturated rings. The van der Waals surface area contributed by atoms with Gasteiger partial charge in [0.15, 0.2) is 11.5 Å². The molecule has 2 aromatic rings. The van der Waals surface area contributed by atoms with Crippen LogP contribution < -0.4 is 10.1 Å². The number of benzene rings is 1. The number of nitrogens with zero attached hydrogens (tertiary/aromatic N) is 3. The predicted octanol–water partition coefficient (Wildman–Crippen LogP) is 3.25. The third kappa shape index (κ3) is 4.62. The Hall–Kier alpha value is -2.83. The maximum Gasteiger partial charge on any atom is 0.268 e. The summed E-state index contributed by atoms with van der Waals surface area (Å²) in [5.74, 6) is -0.332.